The second-order valence-corrected chi connectivity index (χ2v) is 4.56. The molecule has 1 heterocycles. The molecule has 3 heteroatoms. The van der Waals surface area contributed by atoms with Crippen LogP contribution >= 0.6 is 0 Å². The van der Waals surface area contributed by atoms with E-state index in [1.165, 1.54) is 5.56 Å². The molecule has 1 aliphatic rings. The summed E-state index contributed by atoms with van der Waals surface area (Å²) in [5, 5.41) is 2.90. The Labute approximate surface area is 95.8 Å². The summed E-state index contributed by atoms with van der Waals surface area (Å²) in [6, 6.07) is 5.89. The van der Waals surface area contributed by atoms with Gasteiger partial charge in [-0.15, -0.1) is 0 Å². The quantitative estimate of drug-likeness (QED) is 0.830. The maximum absolute atomic E-state index is 11.6. The first-order valence-electron chi connectivity index (χ1n) is 5.59. The number of methoxy groups -OCH3 is 1. The Balaban J connectivity index is 2.43. The van der Waals surface area contributed by atoms with Crippen LogP contribution < -0.4 is 10.1 Å². The zero-order valence-corrected chi connectivity index (χ0v) is 9.91. The molecule has 1 aliphatic heterocycles. The molecule has 1 unspecified atom stereocenters. The summed E-state index contributed by atoms with van der Waals surface area (Å²) < 4.78 is 5.16. The molecule has 1 atom stereocenters. The van der Waals surface area contributed by atoms with E-state index >= 15 is 0 Å². The minimum absolute atomic E-state index is 0.0967. The van der Waals surface area contributed by atoms with E-state index in [0.717, 1.165) is 11.4 Å². The van der Waals surface area contributed by atoms with Crippen molar-refractivity contribution < 1.29 is 9.53 Å². The Morgan fingerprint density at radius 2 is 2.19 bits per heavy atom. The first-order valence-corrected chi connectivity index (χ1v) is 5.59. The van der Waals surface area contributed by atoms with Crippen molar-refractivity contribution >= 4 is 11.6 Å². The molecule has 16 heavy (non-hydrogen) atoms. The van der Waals surface area contributed by atoms with Gasteiger partial charge in [0.15, 0.2) is 0 Å². The van der Waals surface area contributed by atoms with Crippen LogP contribution in [0.2, 0.25) is 0 Å². The third kappa shape index (κ3) is 1.90. The van der Waals surface area contributed by atoms with Gasteiger partial charge < -0.3 is 10.1 Å². The van der Waals surface area contributed by atoms with Crippen LogP contribution in [0.4, 0.5) is 5.69 Å². The van der Waals surface area contributed by atoms with Crippen LogP contribution in [-0.2, 0) is 4.79 Å². The second-order valence-electron chi connectivity index (χ2n) is 4.56. The predicted octanol–water partition coefficient (Wildman–Crippen LogP) is 2.78. The van der Waals surface area contributed by atoms with Gasteiger partial charge in [-0.25, -0.2) is 0 Å². The Kier molecular flexibility index (Phi) is 2.86. The number of hydrogen-bond donors (Lipinski definition) is 1. The minimum Gasteiger partial charge on any atom is -0.497 e. The summed E-state index contributed by atoms with van der Waals surface area (Å²) in [7, 11) is 1.63. The molecule has 1 N–H and O–H groups in total. The van der Waals surface area contributed by atoms with Gasteiger partial charge in [0.1, 0.15) is 5.75 Å². The molecule has 0 spiro atoms. The van der Waals surface area contributed by atoms with Crippen molar-refractivity contribution in [1.82, 2.24) is 0 Å². The summed E-state index contributed by atoms with van der Waals surface area (Å²) in [4.78, 5) is 11.6. The van der Waals surface area contributed by atoms with Crippen LogP contribution in [0.3, 0.4) is 0 Å². The van der Waals surface area contributed by atoms with Crippen LogP contribution in [0, 0.1) is 5.92 Å². The molecule has 3 nitrogen and oxygen atoms in total. The van der Waals surface area contributed by atoms with Crippen molar-refractivity contribution in [1.29, 1.82) is 0 Å². The highest BCUT2D eigenvalue weighted by atomic mass is 16.5. The van der Waals surface area contributed by atoms with Gasteiger partial charge in [-0.1, -0.05) is 19.9 Å². The lowest BCUT2D eigenvalue weighted by Crippen LogP contribution is -2.25. The summed E-state index contributed by atoms with van der Waals surface area (Å²) in [5.41, 5.74) is 2.12. The maximum Gasteiger partial charge on any atom is 0.225 e. The Morgan fingerprint density at radius 1 is 1.44 bits per heavy atom. The maximum atomic E-state index is 11.6. The van der Waals surface area contributed by atoms with Crippen LogP contribution in [-0.4, -0.2) is 13.0 Å². The number of carbonyl (C=O) groups is 1. The molecule has 0 radical (unpaired) electrons. The van der Waals surface area contributed by atoms with E-state index in [4.69, 9.17) is 4.74 Å². The van der Waals surface area contributed by atoms with Gasteiger partial charge in [-0.3, -0.25) is 4.79 Å². The lowest BCUT2D eigenvalue weighted by atomic mass is 9.82. The molecule has 1 aromatic rings. The van der Waals surface area contributed by atoms with E-state index in [0.29, 0.717) is 18.3 Å². The molecule has 0 aliphatic carbocycles. The molecule has 1 aromatic carbocycles. The number of fused-ring (bicyclic) bond motifs is 1. The number of amides is 1. The summed E-state index contributed by atoms with van der Waals surface area (Å²) in [6.07, 6.45) is 0.580. The highest BCUT2D eigenvalue weighted by molar-refractivity contribution is 5.95. The molecule has 2 rings (SSSR count). The lowest BCUT2D eigenvalue weighted by molar-refractivity contribution is -0.117. The van der Waals surface area contributed by atoms with Crippen LogP contribution in [0.15, 0.2) is 18.2 Å². The molecule has 0 aromatic heterocycles. The van der Waals surface area contributed by atoms with Gasteiger partial charge >= 0.3 is 0 Å². The Morgan fingerprint density at radius 3 is 2.81 bits per heavy atom. The Bertz CT molecular complexity index is 412. The topological polar surface area (TPSA) is 38.3 Å². The second kappa shape index (κ2) is 4.16. The van der Waals surface area contributed by atoms with Crippen molar-refractivity contribution in [3.8, 4) is 5.75 Å². The zero-order valence-electron chi connectivity index (χ0n) is 9.91. The van der Waals surface area contributed by atoms with Gasteiger partial charge in [0, 0.05) is 18.2 Å². The largest absolute Gasteiger partial charge is 0.497 e. The first-order chi connectivity index (χ1) is 7.61. The average molecular weight is 219 g/mol. The van der Waals surface area contributed by atoms with Crippen molar-refractivity contribution in [2.45, 2.75) is 26.2 Å². The number of ether oxygens (including phenoxy) is 1. The van der Waals surface area contributed by atoms with E-state index in [1.807, 2.05) is 12.1 Å². The van der Waals surface area contributed by atoms with E-state index in [2.05, 4.69) is 25.2 Å². The Hall–Kier alpha value is -1.51. The molecule has 0 fully saturated rings. The van der Waals surface area contributed by atoms with Gasteiger partial charge in [-0.05, 0) is 23.5 Å². The summed E-state index contributed by atoms with van der Waals surface area (Å²) in [6.45, 7) is 4.30. The smallest absolute Gasteiger partial charge is 0.225 e. The third-order valence-corrected chi connectivity index (χ3v) is 3.14. The number of anilines is 1. The number of benzene rings is 1. The molecular formula is C13H17NO2. The van der Waals surface area contributed by atoms with Crippen molar-refractivity contribution in [2.24, 2.45) is 5.92 Å². The molecule has 0 saturated carbocycles. The number of hydrogen-bond acceptors (Lipinski definition) is 2. The van der Waals surface area contributed by atoms with Crippen molar-refractivity contribution in [2.75, 3.05) is 12.4 Å². The van der Waals surface area contributed by atoms with Crippen molar-refractivity contribution in [3.05, 3.63) is 23.8 Å². The van der Waals surface area contributed by atoms with E-state index in [9.17, 15) is 4.79 Å². The average Bonchev–Trinajstić information content (AvgIpc) is 2.26. The number of carbonyl (C=O) groups excluding carboxylic acids is 1. The van der Waals surface area contributed by atoms with Crippen molar-refractivity contribution in [3.63, 3.8) is 0 Å². The minimum atomic E-state index is 0.0967. The monoisotopic (exact) mass is 219 g/mol. The SMILES string of the molecule is COc1ccc2c(c1)NC(=O)CC2C(C)C. The molecule has 86 valence electrons. The van der Waals surface area contributed by atoms with Crippen LogP contribution in [0.5, 0.6) is 5.75 Å². The van der Waals surface area contributed by atoms with Gasteiger partial charge in [0.25, 0.3) is 0 Å². The normalized spacial score (nSPS) is 19.2. The molecule has 0 saturated heterocycles. The van der Waals surface area contributed by atoms with Gasteiger partial charge in [0.05, 0.1) is 7.11 Å². The number of nitrogens with one attached hydrogen (secondary N) is 1. The number of rotatable bonds is 2. The third-order valence-electron chi connectivity index (χ3n) is 3.14. The molecule has 0 bridgehead atoms. The fraction of sp³-hybridized carbons (Fsp3) is 0.462. The standard InChI is InChI=1S/C13H17NO2/c1-8(2)11-7-13(15)14-12-6-9(16-3)4-5-10(11)12/h4-6,8,11H,7H2,1-3H3,(H,14,15). The van der Waals surface area contributed by atoms with Gasteiger partial charge in [0.2, 0.25) is 5.91 Å². The highest BCUT2D eigenvalue weighted by Gasteiger charge is 2.27. The van der Waals surface area contributed by atoms with Crippen LogP contribution in [0.1, 0.15) is 31.7 Å². The highest BCUT2D eigenvalue weighted by Crippen LogP contribution is 2.38. The zero-order chi connectivity index (χ0) is 11.7. The van der Waals surface area contributed by atoms with E-state index in [-0.39, 0.29) is 5.91 Å². The fourth-order valence-electron chi connectivity index (χ4n) is 2.20. The summed E-state index contributed by atoms with van der Waals surface area (Å²) >= 11 is 0. The lowest BCUT2D eigenvalue weighted by Gasteiger charge is -2.28. The van der Waals surface area contributed by atoms with E-state index in [1.54, 1.807) is 7.11 Å². The first kappa shape index (κ1) is 11.0. The predicted molar refractivity (Wildman–Crippen MR) is 63.8 cm³/mol. The van der Waals surface area contributed by atoms with Crippen LogP contribution in [0.25, 0.3) is 0 Å². The van der Waals surface area contributed by atoms with E-state index < -0.39 is 0 Å². The van der Waals surface area contributed by atoms with Gasteiger partial charge in [-0.2, -0.15) is 0 Å². The summed E-state index contributed by atoms with van der Waals surface area (Å²) in [5.74, 6) is 1.66. The molecule has 1 amide bonds. The fourth-order valence-corrected chi connectivity index (χ4v) is 2.20. The molecular weight excluding hydrogens is 202 g/mol.